The number of amides is 2. The molecule has 1 saturated carbocycles. The number of aromatic nitrogens is 1. The molecule has 24 heavy (non-hydrogen) atoms. The van der Waals surface area contributed by atoms with E-state index in [0.29, 0.717) is 36.6 Å². The van der Waals surface area contributed by atoms with Gasteiger partial charge in [-0.3, -0.25) is 9.59 Å². The van der Waals surface area contributed by atoms with E-state index in [4.69, 9.17) is 4.74 Å². The normalized spacial score (nSPS) is 34.2. The van der Waals surface area contributed by atoms with Gasteiger partial charge in [0.05, 0.1) is 12.7 Å². The summed E-state index contributed by atoms with van der Waals surface area (Å²) in [5.74, 6) is 1.65. The highest BCUT2D eigenvalue weighted by Crippen LogP contribution is 2.41. The largest absolute Gasteiger partial charge is 0.376 e. The first-order chi connectivity index (χ1) is 11.5. The quantitative estimate of drug-likeness (QED) is 0.891. The van der Waals surface area contributed by atoms with E-state index in [9.17, 15) is 9.59 Å². The Morgan fingerprint density at radius 1 is 1.38 bits per heavy atom. The molecule has 0 unspecified atom stereocenters. The monoisotopic (exact) mass is 331 g/mol. The second kappa shape index (κ2) is 5.92. The van der Waals surface area contributed by atoms with Crippen molar-refractivity contribution in [1.82, 2.24) is 14.8 Å². The summed E-state index contributed by atoms with van der Waals surface area (Å²) in [5, 5.41) is 3.02. The predicted octanol–water partition coefficient (Wildman–Crippen LogP) is 0.884. The summed E-state index contributed by atoms with van der Waals surface area (Å²) in [6.45, 7) is 4.90. The minimum absolute atomic E-state index is 0.0521. The molecule has 2 amide bonds. The van der Waals surface area contributed by atoms with Crippen molar-refractivity contribution in [2.75, 3.05) is 26.2 Å². The molecule has 2 aliphatic heterocycles. The maximum absolute atomic E-state index is 12.4. The van der Waals surface area contributed by atoms with Crippen LogP contribution in [-0.2, 0) is 16.6 Å². The van der Waals surface area contributed by atoms with E-state index in [-0.39, 0.29) is 23.8 Å². The molecule has 130 valence electrons. The van der Waals surface area contributed by atoms with E-state index in [1.54, 1.807) is 0 Å². The number of rotatable bonds is 4. The highest BCUT2D eigenvalue weighted by atomic mass is 16.5. The Bertz CT molecular complexity index is 656. The zero-order chi connectivity index (χ0) is 16.8. The number of nitrogens with zero attached hydrogens (tertiary/aromatic N) is 2. The molecule has 1 aromatic heterocycles. The summed E-state index contributed by atoms with van der Waals surface area (Å²) in [5.41, 5.74) is 0.663. The van der Waals surface area contributed by atoms with E-state index in [2.05, 4.69) is 12.2 Å². The van der Waals surface area contributed by atoms with Crippen LogP contribution in [0.2, 0.25) is 0 Å². The molecule has 0 bridgehead atoms. The number of hydrogen-bond donors (Lipinski definition) is 1. The lowest BCUT2D eigenvalue weighted by Gasteiger charge is -2.20. The van der Waals surface area contributed by atoms with Crippen LogP contribution in [0, 0.1) is 23.7 Å². The second-order valence-corrected chi connectivity index (χ2v) is 7.57. The lowest BCUT2D eigenvalue weighted by Crippen LogP contribution is -2.36. The van der Waals surface area contributed by atoms with Crippen molar-refractivity contribution in [3.63, 3.8) is 0 Å². The molecular weight excluding hydrogens is 306 g/mol. The molecule has 0 radical (unpaired) electrons. The molecule has 1 aliphatic carbocycles. The van der Waals surface area contributed by atoms with Crippen LogP contribution in [0.3, 0.4) is 0 Å². The van der Waals surface area contributed by atoms with Gasteiger partial charge in [0.1, 0.15) is 5.69 Å². The number of ether oxygens (including phenoxy) is 1. The Labute approximate surface area is 142 Å². The summed E-state index contributed by atoms with van der Waals surface area (Å²) in [7, 11) is 1.86. The van der Waals surface area contributed by atoms with E-state index >= 15 is 0 Å². The lowest BCUT2D eigenvalue weighted by molar-refractivity contribution is -0.132. The van der Waals surface area contributed by atoms with Gasteiger partial charge in [0.25, 0.3) is 5.91 Å². The van der Waals surface area contributed by atoms with E-state index in [1.807, 2.05) is 34.8 Å². The maximum atomic E-state index is 12.4. The molecule has 3 fully saturated rings. The molecule has 3 aliphatic rings. The summed E-state index contributed by atoms with van der Waals surface area (Å²) >= 11 is 0. The standard InChI is InChI=1S/C18H25N3O3/c1-11-6-13(11)18(23)21-8-14-12(10-24-16(14)9-21)7-19-17(22)15-4-3-5-20(15)2/h3-5,11-14,16H,6-10H2,1-2H3,(H,19,22)/t11-,12+,13-,14+,16+/m0/s1. The van der Waals surface area contributed by atoms with Gasteiger partial charge in [-0.15, -0.1) is 0 Å². The molecule has 6 nitrogen and oxygen atoms in total. The van der Waals surface area contributed by atoms with Crippen LogP contribution < -0.4 is 5.32 Å². The smallest absolute Gasteiger partial charge is 0.267 e. The number of carbonyl (C=O) groups is 2. The van der Waals surface area contributed by atoms with Crippen LogP contribution in [-0.4, -0.2) is 53.6 Å². The van der Waals surface area contributed by atoms with E-state index < -0.39 is 0 Å². The van der Waals surface area contributed by atoms with Gasteiger partial charge in [-0.2, -0.15) is 0 Å². The first kappa shape index (κ1) is 15.7. The van der Waals surface area contributed by atoms with Gasteiger partial charge in [0, 0.05) is 50.6 Å². The van der Waals surface area contributed by atoms with Gasteiger partial charge in [0.2, 0.25) is 5.91 Å². The molecule has 5 atom stereocenters. The zero-order valence-electron chi connectivity index (χ0n) is 14.3. The molecule has 3 heterocycles. The van der Waals surface area contributed by atoms with Gasteiger partial charge in [-0.25, -0.2) is 0 Å². The molecule has 4 rings (SSSR count). The van der Waals surface area contributed by atoms with Crippen LogP contribution in [0.1, 0.15) is 23.8 Å². The lowest BCUT2D eigenvalue weighted by atomic mass is 9.93. The number of nitrogens with one attached hydrogen (secondary N) is 1. The van der Waals surface area contributed by atoms with Gasteiger partial charge in [-0.1, -0.05) is 6.92 Å². The Kier molecular flexibility index (Phi) is 3.87. The van der Waals surface area contributed by atoms with Crippen molar-refractivity contribution in [1.29, 1.82) is 0 Å². The van der Waals surface area contributed by atoms with Crippen LogP contribution in [0.4, 0.5) is 0 Å². The minimum Gasteiger partial charge on any atom is -0.376 e. The number of aryl methyl sites for hydroxylation is 1. The molecular formula is C18H25N3O3. The Morgan fingerprint density at radius 3 is 2.83 bits per heavy atom. The maximum Gasteiger partial charge on any atom is 0.267 e. The average Bonchev–Trinajstić information content (AvgIpc) is 2.94. The minimum atomic E-state index is -0.0521. The topological polar surface area (TPSA) is 63.6 Å². The average molecular weight is 331 g/mol. The Hall–Kier alpha value is -1.82. The molecule has 6 heteroatoms. The van der Waals surface area contributed by atoms with Crippen LogP contribution in [0.5, 0.6) is 0 Å². The molecule has 1 N–H and O–H groups in total. The Morgan fingerprint density at radius 2 is 2.17 bits per heavy atom. The summed E-state index contributed by atoms with van der Waals surface area (Å²) in [6.07, 6.45) is 3.03. The Balaban J connectivity index is 1.32. The first-order valence-electron chi connectivity index (χ1n) is 8.84. The molecule has 1 aromatic rings. The highest BCUT2D eigenvalue weighted by Gasteiger charge is 2.49. The van der Waals surface area contributed by atoms with Gasteiger partial charge < -0.3 is 19.5 Å². The third-order valence-electron chi connectivity index (χ3n) is 5.88. The fraction of sp³-hybridized carbons (Fsp3) is 0.667. The van der Waals surface area contributed by atoms with Crippen molar-refractivity contribution >= 4 is 11.8 Å². The number of carbonyl (C=O) groups excluding carboxylic acids is 2. The van der Waals surface area contributed by atoms with Crippen molar-refractivity contribution in [2.45, 2.75) is 19.4 Å². The number of likely N-dealkylation sites (tertiary alicyclic amines) is 1. The zero-order valence-corrected chi connectivity index (χ0v) is 14.3. The van der Waals surface area contributed by atoms with Crippen molar-refractivity contribution in [3.05, 3.63) is 24.0 Å². The summed E-state index contributed by atoms with van der Waals surface area (Å²) < 4.78 is 7.71. The third-order valence-corrected chi connectivity index (χ3v) is 5.88. The molecule has 2 saturated heterocycles. The van der Waals surface area contributed by atoms with Gasteiger partial charge in [-0.05, 0) is 24.5 Å². The predicted molar refractivity (Wildman–Crippen MR) is 88.3 cm³/mol. The van der Waals surface area contributed by atoms with Crippen molar-refractivity contribution in [2.24, 2.45) is 30.7 Å². The van der Waals surface area contributed by atoms with Gasteiger partial charge >= 0.3 is 0 Å². The van der Waals surface area contributed by atoms with Crippen LogP contribution in [0.15, 0.2) is 18.3 Å². The SMILES string of the molecule is C[C@H]1C[C@@H]1C(=O)N1C[C@@H]2[C@H](CNC(=O)c3cccn3C)CO[C@@H]2C1. The van der Waals surface area contributed by atoms with Crippen LogP contribution >= 0.6 is 0 Å². The third kappa shape index (κ3) is 2.73. The summed E-state index contributed by atoms with van der Waals surface area (Å²) in [4.78, 5) is 26.6. The highest BCUT2D eigenvalue weighted by molar-refractivity contribution is 5.92. The first-order valence-corrected chi connectivity index (χ1v) is 8.84. The van der Waals surface area contributed by atoms with E-state index in [0.717, 1.165) is 19.5 Å². The van der Waals surface area contributed by atoms with Crippen LogP contribution in [0.25, 0.3) is 0 Å². The fourth-order valence-electron chi connectivity index (χ4n) is 4.10. The summed E-state index contributed by atoms with van der Waals surface area (Å²) in [6, 6.07) is 3.68. The second-order valence-electron chi connectivity index (χ2n) is 7.57. The number of hydrogen-bond acceptors (Lipinski definition) is 3. The molecule has 0 spiro atoms. The van der Waals surface area contributed by atoms with E-state index in [1.165, 1.54) is 0 Å². The fourth-order valence-corrected chi connectivity index (χ4v) is 4.10. The number of fused-ring (bicyclic) bond motifs is 1. The molecule has 0 aromatic carbocycles. The van der Waals surface area contributed by atoms with Gasteiger partial charge in [0.15, 0.2) is 0 Å². The van der Waals surface area contributed by atoms with Crippen molar-refractivity contribution < 1.29 is 14.3 Å². The van der Waals surface area contributed by atoms with Crippen molar-refractivity contribution in [3.8, 4) is 0 Å².